The van der Waals surface area contributed by atoms with Gasteiger partial charge in [-0.2, -0.15) is 20.0 Å². The quantitative estimate of drug-likeness (QED) is 0.282. The predicted octanol–water partition coefficient (Wildman–Crippen LogP) is 2.65. The van der Waals surface area contributed by atoms with Crippen LogP contribution in [0.4, 0.5) is 27.9 Å². The first-order valence-electron chi connectivity index (χ1n) is 14.9. The summed E-state index contributed by atoms with van der Waals surface area (Å²) in [5.74, 6) is 0.184. The van der Waals surface area contributed by atoms with Crippen LogP contribution in [0.3, 0.4) is 0 Å². The second-order valence-corrected chi connectivity index (χ2v) is 11.6. The molecule has 1 saturated carbocycles. The maximum Gasteiger partial charge on any atom is 0.407 e. The van der Waals surface area contributed by atoms with E-state index in [1.165, 1.54) is 17.8 Å². The minimum atomic E-state index is -0.730. The van der Waals surface area contributed by atoms with Gasteiger partial charge in [0, 0.05) is 25.7 Å². The third kappa shape index (κ3) is 7.74. The van der Waals surface area contributed by atoms with Crippen molar-refractivity contribution in [3.05, 3.63) is 34.6 Å². The number of nitriles is 2. The number of morpholine rings is 1. The van der Waals surface area contributed by atoms with Gasteiger partial charge in [0.1, 0.15) is 12.2 Å². The Balaban J connectivity index is 0.00000433. The number of alkyl carbamates (subject to hydrolysis) is 1. The predicted molar refractivity (Wildman–Crippen MR) is 172 cm³/mol. The number of carbonyl (C=O) groups is 2. The van der Waals surface area contributed by atoms with Gasteiger partial charge in [0.05, 0.1) is 73.7 Å². The van der Waals surface area contributed by atoms with Crippen LogP contribution in [0, 0.1) is 22.7 Å². The normalized spacial score (nSPS) is 19.5. The number of benzene rings is 1. The molecule has 0 radical (unpaired) electrons. The highest BCUT2D eigenvalue weighted by atomic mass is 35.5. The summed E-state index contributed by atoms with van der Waals surface area (Å²) in [6.07, 6.45) is 2.48. The molecule has 2 aromatic heterocycles. The number of anilines is 4. The lowest BCUT2D eigenvalue weighted by atomic mass is 10.0. The van der Waals surface area contributed by atoms with Crippen molar-refractivity contribution in [3.63, 3.8) is 0 Å². The summed E-state index contributed by atoms with van der Waals surface area (Å²) in [5.41, 5.74) is 1.85. The van der Waals surface area contributed by atoms with Gasteiger partial charge in [-0.1, -0.05) is 19.0 Å². The van der Waals surface area contributed by atoms with E-state index in [9.17, 15) is 20.1 Å². The number of nitrogens with zero attached hydrogens (tertiary/aromatic N) is 8. The lowest BCUT2D eigenvalue weighted by Gasteiger charge is -2.40. The van der Waals surface area contributed by atoms with Gasteiger partial charge >= 0.3 is 12.1 Å². The Morgan fingerprint density at radius 1 is 1.15 bits per heavy atom. The van der Waals surface area contributed by atoms with Crippen LogP contribution < -0.4 is 20.9 Å². The number of esters is 1. The zero-order chi connectivity index (χ0) is 32.2. The number of nitrogens with one attached hydrogen (secondary N) is 3. The summed E-state index contributed by atoms with van der Waals surface area (Å²) in [7, 11) is 1.27. The SMILES string of the molecule is C.COC(=O)N[C@@H]1CCN(c2cc(C#N)cc(Nc3nc(NC4CC4)c4ncc(C#N)n4n3)c2Cl)C[C@H]1OC(=O)CN1CCOCC1. The number of aromatic nitrogens is 4. The van der Waals surface area contributed by atoms with Crippen LogP contribution in [-0.2, 0) is 19.0 Å². The third-order valence-electron chi connectivity index (χ3n) is 7.95. The molecular weight excluding hydrogens is 630 g/mol. The Kier molecular flexibility index (Phi) is 10.5. The summed E-state index contributed by atoms with van der Waals surface area (Å²) in [6, 6.07) is 7.24. The van der Waals surface area contributed by atoms with Gasteiger partial charge in [0.15, 0.2) is 17.2 Å². The average molecular weight is 666 g/mol. The highest BCUT2D eigenvalue weighted by Gasteiger charge is 2.35. The van der Waals surface area contributed by atoms with Crippen molar-refractivity contribution in [3.8, 4) is 12.1 Å². The Hall–Kier alpha value is -4.90. The largest absolute Gasteiger partial charge is 0.457 e. The number of imidazole rings is 1. The smallest absolute Gasteiger partial charge is 0.407 e. The number of rotatable bonds is 9. The van der Waals surface area contributed by atoms with E-state index >= 15 is 0 Å². The lowest BCUT2D eigenvalue weighted by molar-refractivity contribution is -0.153. The van der Waals surface area contributed by atoms with E-state index in [1.54, 1.807) is 12.1 Å². The highest BCUT2D eigenvalue weighted by Crippen LogP contribution is 2.38. The molecular formula is C30H36ClN11O5. The Morgan fingerprint density at radius 2 is 1.94 bits per heavy atom. The van der Waals surface area contributed by atoms with Gasteiger partial charge in [-0.25, -0.2) is 9.78 Å². The molecule has 47 heavy (non-hydrogen) atoms. The summed E-state index contributed by atoms with van der Waals surface area (Å²) in [4.78, 5) is 37.8. The molecule has 3 fully saturated rings. The van der Waals surface area contributed by atoms with Crippen LogP contribution in [0.5, 0.6) is 0 Å². The Morgan fingerprint density at radius 3 is 2.64 bits per heavy atom. The minimum Gasteiger partial charge on any atom is -0.457 e. The average Bonchev–Trinajstić information content (AvgIpc) is 3.78. The lowest BCUT2D eigenvalue weighted by Crippen LogP contribution is -2.56. The van der Waals surface area contributed by atoms with Crippen molar-refractivity contribution in [2.24, 2.45) is 0 Å². The second kappa shape index (κ2) is 14.7. The second-order valence-electron chi connectivity index (χ2n) is 11.2. The molecule has 4 heterocycles. The highest BCUT2D eigenvalue weighted by molar-refractivity contribution is 6.36. The van der Waals surface area contributed by atoms with Crippen LogP contribution in [-0.4, -0.2) is 108 Å². The molecule has 1 amide bonds. The number of methoxy groups -OCH3 is 1. The molecule has 16 nitrogen and oxygen atoms in total. The van der Waals surface area contributed by atoms with E-state index < -0.39 is 24.2 Å². The third-order valence-corrected chi connectivity index (χ3v) is 8.35. The standard InChI is InChI=1S/C29H32ClN11O5.CH4/c1-44-29(43)36-20-4-5-40(15-23(20)46-24(42)16-39-6-8-45-9-7-39)22-11-17(12-31)10-21(25(22)30)35-28-37-26(34-18-2-3-18)27-33-14-19(13-32)41(27)38-28;/h10-11,14,18,20,23H,2-9,15-16H2,1H3,(H,36,43)(H2,34,35,37,38);1H4/t20-,23-;/m1./s1. The van der Waals surface area contributed by atoms with E-state index in [0.29, 0.717) is 67.7 Å². The fraction of sp³-hybridized carbons (Fsp3) is 0.500. The maximum absolute atomic E-state index is 13.0. The fourth-order valence-electron chi connectivity index (χ4n) is 5.42. The summed E-state index contributed by atoms with van der Waals surface area (Å²) in [5, 5.41) is 33.4. The van der Waals surface area contributed by atoms with Crippen LogP contribution in [0.15, 0.2) is 18.3 Å². The first-order chi connectivity index (χ1) is 22.3. The van der Waals surface area contributed by atoms with E-state index in [4.69, 9.17) is 25.8 Å². The first kappa shape index (κ1) is 33.5. The molecule has 0 unspecified atom stereocenters. The van der Waals surface area contributed by atoms with Gasteiger partial charge < -0.3 is 35.1 Å². The number of amides is 1. The maximum atomic E-state index is 13.0. The number of hydrogen-bond acceptors (Lipinski definition) is 14. The zero-order valence-electron chi connectivity index (χ0n) is 25.0. The molecule has 2 aliphatic heterocycles. The van der Waals surface area contributed by atoms with Crippen molar-refractivity contribution in [2.45, 2.75) is 44.9 Å². The molecule has 2 atom stereocenters. The Labute approximate surface area is 276 Å². The number of fused-ring (bicyclic) bond motifs is 1. The van der Waals surface area contributed by atoms with Crippen molar-refractivity contribution in [2.75, 3.05) is 68.6 Å². The molecule has 0 spiro atoms. The van der Waals surface area contributed by atoms with E-state index in [-0.39, 0.29) is 43.2 Å². The van der Waals surface area contributed by atoms with Crippen LogP contribution in [0.25, 0.3) is 5.65 Å². The summed E-state index contributed by atoms with van der Waals surface area (Å²) < 4.78 is 17.5. The van der Waals surface area contributed by atoms with E-state index in [1.807, 2.05) is 9.80 Å². The van der Waals surface area contributed by atoms with Gasteiger partial charge in [-0.3, -0.25) is 9.69 Å². The number of halogens is 1. The molecule has 3 aliphatic rings. The van der Waals surface area contributed by atoms with E-state index in [0.717, 1.165) is 12.8 Å². The van der Waals surface area contributed by atoms with Crippen molar-refractivity contribution >= 4 is 52.5 Å². The number of piperidine rings is 1. The van der Waals surface area contributed by atoms with Crippen LogP contribution in [0.2, 0.25) is 5.02 Å². The molecule has 1 aliphatic carbocycles. The van der Waals surface area contributed by atoms with E-state index in [2.05, 4.69) is 43.2 Å². The van der Waals surface area contributed by atoms with Crippen LogP contribution >= 0.6 is 11.6 Å². The zero-order valence-corrected chi connectivity index (χ0v) is 25.8. The van der Waals surface area contributed by atoms with Crippen molar-refractivity contribution in [1.82, 2.24) is 29.8 Å². The fourth-order valence-corrected chi connectivity index (χ4v) is 5.70. The molecule has 0 bridgehead atoms. The number of hydrogen-bond donors (Lipinski definition) is 3. The summed E-state index contributed by atoms with van der Waals surface area (Å²) >= 11 is 6.96. The van der Waals surface area contributed by atoms with Gasteiger partial charge in [-0.05, 0) is 31.4 Å². The number of ether oxygens (including phenoxy) is 3. The molecule has 3 N–H and O–H groups in total. The topological polar surface area (TPSA) is 195 Å². The van der Waals surface area contributed by atoms with Gasteiger partial charge in [0.25, 0.3) is 0 Å². The minimum absolute atomic E-state index is 0. The van der Waals surface area contributed by atoms with Gasteiger partial charge in [-0.15, -0.1) is 5.10 Å². The van der Waals surface area contributed by atoms with Crippen molar-refractivity contribution < 1.29 is 23.8 Å². The summed E-state index contributed by atoms with van der Waals surface area (Å²) in [6.45, 7) is 3.04. The molecule has 248 valence electrons. The monoisotopic (exact) mass is 665 g/mol. The first-order valence-corrected chi connectivity index (χ1v) is 15.2. The van der Waals surface area contributed by atoms with Gasteiger partial charge in [0.2, 0.25) is 5.95 Å². The molecule has 1 aromatic carbocycles. The molecule has 6 rings (SSSR count). The number of carbonyl (C=O) groups excluding carboxylic acids is 2. The Bertz CT molecular complexity index is 1710. The molecule has 3 aromatic rings. The van der Waals surface area contributed by atoms with Crippen molar-refractivity contribution in [1.29, 1.82) is 10.5 Å². The molecule has 17 heteroatoms. The van der Waals surface area contributed by atoms with Crippen LogP contribution in [0.1, 0.15) is 37.9 Å². The molecule has 2 saturated heterocycles.